The van der Waals surface area contributed by atoms with Crippen LogP contribution in [0.2, 0.25) is 0 Å². The molecule has 1 heterocycles. The van der Waals surface area contributed by atoms with Gasteiger partial charge in [0.25, 0.3) is 0 Å². The van der Waals surface area contributed by atoms with E-state index in [1.54, 1.807) is 12.1 Å². The lowest BCUT2D eigenvalue weighted by molar-refractivity contribution is -0.143. The standard InChI is InChI=1S/C12H15NO3/c14-11-4-2-1-3-9(11)10-7-8(12(15)16)5-6-13-10/h1-4,8,10,13-14H,5-7H2,(H,15,16). The topological polar surface area (TPSA) is 69.6 Å². The van der Waals surface area contributed by atoms with E-state index in [9.17, 15) is 9.90 Å². The predicted molar refractivity (Wildman–Crippen MR) is 59.2 cm³/mol. The molecule has 4 nitrogen and oxygen atoms in total. The lowest BCUT2D eigenvalue weighted by Crippen LogP contribution is -2.34. The molecule has 0 spiro atoms. The number of hydrogen-bond acceptors (Lipinski definition) is 3. The average molecular weight is 221 g/mol. The number of para-hydroxylation sites is 1. The van der Waals surface area contributed by atoms with Crippen LogP contribution in [0.4, 0.5) is 0 Å². The van der Waals surface area contributed by atoms with Gasteiger partial charge in [-0.25, -0.2) is 0 Å². The third-order valence-corrected chi connectivity index (χ3v) is 3.07. The number of aliphatic carboxylic acids is 1. The Kier molecular flexibility index (Phi) is 3.10. The maximum absolute atomic E-state index is 10.9. The Morgan fingerprint density at radius 2 is 2.12 bits per heavy atom. The zero-order chi connectivity index (χ0) is 11.5. The highest BCUT2D eigenvalue weighted by Gasteiger charge is 2.28. The molecule has 0 amide bonds. The van der Waals surface area contributed by atoms with Crippen LogP contribution in [0.5, 0.6) is 5.75 Å². The molecule has 2 unspecified atom stereocenters. The van der Waals surface area contributed by atoms with Gasteiger partial charge in [0.15, 0.2) is 0 Å². The summed E-state index contributed by atoms with van der Waals surface area (Å²) in [7, 11) is 0. The van der Waals surface area contributed by atoms with E-state index in [-0.39, 0.29) is 17.7 Å². The SMILES string of the molecule is O=C(O)C1CCNC(c2ccccc2O)C1. The van der Waals surface area contributed by atoms with Gasteiger partial charge >= 0.3 is 5.97 Å². The molecule has 0 aromatic heterocycles. The Bertz CT molecular complexity index is 392. The van der Waals surface area contributed by atoms with Crippen LogP contribution < -0.4 is 5.32 Å². The van der Waals surface area contributed by atoms with Crippen LogP contribution in [-0.4, -0.2) is 22.7 Å². The highest BCUT2D eigenvalue weighted by atomic mass is 16.4. The summed E-state index contributed by atoms with van der Waals surface area (Å²) < 4.78 is 0. The van der Waals surface area contributed by atoms with Crippen molar-refractivity contribution in [1.82, 2.24) is 5.32 Å². The molecule has 1 aliphatic rings. The zero-order valence-electron chi connectivity index (χ0n) is 8.89. The Hall–Kier alpha value is -1.55. The van der Waals surface area contributed by atoms with Gasteiger partial charge in [-0.1, -0.05) is 18.2 Å². The Morgan fingerprint density at radius 3 is 2.81 bits per heavy atom. The Balaban J connectivity index is 2.16. The van der Waals surface area contributed by atoms with Crippen molar-refractivity contribution in [3.05, 3.63) is 29.8 Å². The molecule has 1 fully saturated rings. The van der Waals surface area contributed by atoms with Crippen molar-refractivity contribution in [2.24, 2.45) is 5.92 Å². The van der Waals surface area contributed by atoms with Crippen molar-refractivity contribution in [3.63, 3.8) is 0 Å². The predicted octanol–water partition coefficient (Wildman–Crippen LogP) is 1.52. The lowest BCUT2D eigenvalue weighted by atomic mass is 9.88. The number of phenols is 1. The van der Waals surface area contributed by atoms with E-state index in [1.165, 1.54) is 0 Å². The maximum Gasteiger partial charge on any atom is 0.306 e. The van der Waals surface area contributed by atoms with E-state index in [0.29, 0.717) is 19.4 Å². The quantitative estimate of drug-likeness (QED) is 0.708. The minimum Gasteiger partial charge on any atom is -0.508 e. The third-order valence-electron chi connectivity index (χ3n) is 3.07. The van der Waals surface area contributed by atoms with Gasteiger partial charge in [-0.2, -0.15) is 0 Å². The molecule has 2 rings (SSSR count). The van der Waals surface area contributed by atoms with Gasteiger partial charge in [0.1, 0.15) is 5.75 Å². The fourth-order valence-electron chi connectivity index (χ4n) is 2.16. The Labute approximate surface area is 93.9 Å². The molecule has 86 valence electrons. The van der Waals surface area contributed by atoms with Crippen molar-refractivity contribution in [1.29, 1.82) is 0 Å². The van der Waals surface area contributed by atoms with E-state index in [1.807, 2.05) is 12.1 Å². The van der Waals surface area contributed by atoms with Crippen LogP contribution in [0, 0.1) is 5.92 Å². The summed E-state index contributed by atoms with van der Waals surface area (Å²) in [4.78, 5) is 10.9. The smallest absolute Gasteiger partial charge is 0.306 e. The summed E-state index contributed by atoms with van der Waals surface area (Å²) in [5.41, 5.74) is 0.786. The maximum atomic E-state index is 10.9. The van der Waals surface area contributed by atoms with Crippen LogP contribution in [0.15, 0.2) is 24.3 Å². The fraction of sp³-hybridized carbons (Fsp3) is 0.417. The van der Waals surface area contributed by atoms with Crippen LogP contribution in [0.1, 0.15) is 24.4 Å². The molecule has 3 N–H and O–H groups in total. The molecule has 0 saturated carbocycles. The number of piperidine rings is 1. The number of hydrogen-bond donors (Lipinski definition) is 3. The van der Waals surface area contributed by atoms with Crippen molar-refractivity contribution >= 4 is 5.97 Å². The number of carboxylic acids is 1. The van der Waals surface area contributed by atoms with E-state index in [0.717, 1.165) is 5.56 Å². The molecule has 16 heavy (non-hydrogen) atoms. The number of phenolic OH excluding ortho intramolecular Hbond substituents is 1. The van der Waals surface area contributed by atoms with E-state index < -0.39 is 5.97 Å². The van der Waals surface area contributed by atoms with E-state index in [2.05, 4.69) is 5.32 Å². The highest BCUT2D eigenvalue weighted by Crippen LogP contribution is 2.32. The summed E-state index contributed by atoms with van der Waals surface area (Å²) in [5.74, 6) is -0.834. The fourth-order valence-corrected chi connectivity index (χ4v) is 2.16. The molecule has 1 aromatic rings. The monoisotopic (exact) mass is 221 g/mol. The first-order chi connectivity index (χ1) is 7.68. The van der Waals surface area contributed by atoms with Gasteiger partial charge in [0, 0.05) is 11.6 Å². The van der Waals surface area contributed by atoms with Gasteiger partial charge in [0.05, 0.1) is 5.92 Å². The summed E-state index contributed by atoms with van der Waals surface area (Å²) in [6.07, 6.45) is 1.19. The molecule has 1 aliphatic heterocycles. The van der Waals surface area contributed by atoms with Gasteiger partial charge in [0.2, 0.25) is 0 Å². The molecular formula is C12H15NO3. The van der Waals surface area contributed by atoms with E-state index >= 15 is 0 Å². The largest absolute Gasteiger partial charge is 0.508 e. The second-order valence-corrected chi connectivity index (χ2v) is 4.13. The van der Waals surface area contributed by atoms with Crippen LogP contribution >= 0.6 is 0 Å². The van der Waals surface area contributed by atoms with Gasteiger partial charge in [-0.3, -0.25) is 4.79 Å². The Morgan fingerprint density at radius 1 is 1.38 bits per heavy atom. The van der Waals surface area contributed by atoms with Crippen molar-refractivity contribution in [3.8, 4) is 5.75 Å². The summed E-state index contributed by atoms with van der Waals surface area (Å²) in [6.45, 7) is 0.677. The average Bonchev–Trinajstić information content (AvgIpc) is 2.30. The molecule has 1 aromatic carbocycles. The molecule has 0 radical (unpaired) electrons. The molecule has 1 saturated heterocycles. The second-order valence-electron chi connectivity index (χ2n) is 4.13. The van der Waals surface area contributed by atoms with Crippen LogP contribution in [-0.2, 0) is 4.79 Å². The molecule has 2 atom stereocenters. The van der Waals surface area contributed by atoms with Gasteiger partial charge < -0.3 is 15.5 Å². The zero-order valence-corrected chi connectivity index (χ0v) is 8.89. The van der Waals surface area contributed by atoms with E-state index in [4.69, 9.17) is 5.11 Å². The number of benzene rings is 1. The number of nitrogens with one attached hydrogen (secondary N) is 1. The first kappa shape index (κ1) is 11.0. The third kappa shape index (κ3) is 2.17. The number of rotatable bonds is 2. The minimum atomic E-state index is -0.748. The first-order valence-electron chi connectivity index (χ1n) is 5.42. The molecular weight excluding hydrogens is 206 g/mol. The summed E-state index contributed by atoms with van der Waals surface area (Å²) in [5, 5.41) is 21.9. The molecule has 0 bridgehead atoms. The van der Waals surface area contributed by atoms with Crippen LogP contribution in [0.3, 0.4) is 0 Å². The normalized spacial score (nSPS) is 25.2. The highest BCUT2D eigenvalue weighted by molar-refractivity contribution is 5.70. The first-order valence-corrected chi connectivity index (χ1v) is 5.42. The summed E-state index contributed by atoms with van der Waals surface area (Å²) in [6, 6.07) is 7.01. The lowest BCUT2D eigenvalue weighted by Gasteiger charge is -2.28. The van der Waals surface area contributed by atoms with Gasteiger partial charge in [-0.05, 0) is 25.5 Å². The van der Waals surface area contributed by atoms with Gasteiger partial charge in [-0.15, -0.1) is 0 Å². The number of carbonyl (C=O) groups is 1. The van der Waals surface area contributed by atoms with Crippen molar-refractivity contribution < 1.29 is 15.0 Å². The second kappa shape index (κ2) is 4.53. The van der Waals surface area contributed by atoms with Crippen molar-refractivity contribution in [2.45, 2.75) is 18.9 Å². The summed E-state index contributed by atoms with van der Waals surface area (Å²) >= 11 is 0. The van der Waals surface area contributed by atoms with Crippen molar-refractivity contribution in [2.75, 3.05) is 6.54 Å². The molecule has 4 heteroatoms. The number of carboxylic acid groups (broad SMARTS) is 1. The number of aromatic hydroxyl groups is 1. The molecule has 0 aliphatic carbocycles. The minimum absolute atomic E-state index is 0.0592. The van der Waals surface area contributed by atoms with Crippen LogP contribution in [0.25, 0.3) is 0 Å².